The van der Waals surface area contributed by atoms with Gasteiger partial charge in [-0.25, -0.2) is 13.6 Å². The molecule has 112 valence electrons. The SMILES string of the molecule is COc1ccc(S(N)(=O)=O)cc1NC(=O)C(Br)C(C)C. The Morgan fingerprint density at radius 3 is 2.45 bits per heavy atom. The van der Waals surface area contributed by atoms with E-state index in [1.54, 1.807) is 0 Å². The fourth-order valence-corrected chi connectivity index (χ4v) is 2.12. The molecular weight excluding hydrogens is 348 g/mol. The second-order valence-electron chi connectivity index (χ2n) is 4.54. The molecule has 0 fully saturated rings. The number of carbonyl (C=O) groups excluding carboxylic acids is 1. The highest BCUT2D eigenvalue weighted by atomic mass is 79.9. The van der Waals surface area contributed by atoms with Gasteiger partial charge < -0.3 is 10.1 Å². The molecule has 1 unspecified atom stereocenters. The van der Waals surface area contributed by atoms with E-state index in [-0.39, 0.29) is 22.4 Å². The van der Waals surface area contributed by atoms with Crippen molar-refractivity contribution in [2.75, 3.05) is 12.4 Å². The fraction of sp³-hybridized carbons (Fsp3) is 0.417. The number of benzene rings is 1. The van der Waals surface area contributed by atoms with Gasteiger partial charge in [0.05, 0.1) is 22.5 Å². The van der Waals surface area contributed by atoms with Gasteiger partial charge in [-0.15, -0.1) is 0 Å². The maximum atomic E-state index is 12.0. The Morgan fingerprint density at radius 2 is 2.00 bits per heavy atom. The number of rotatable bonds is 5. The lowest BCUT2D eigenvalue weighted by atomic mass is 10.1. The van der Waals surface area contributed by atoms with E-state index in [4.69, 9.17) is 9.88 Å². The molecule has 0 spiro atoms. The molecule has 0 aliphatic rings. The van der Waals surface area contributed by atoms with Crippen molar-refractivity contribution < 1.29 is 17.9 Å². The van der Waals surface area contributed by atoms with Gasteiger partial charge in [-0.1, -0.05) is 29.8 Å². The largest absolute Gasteiger partial charge is 0.495 e. The smallest absolute Gasteiger partial charge is 0.238 e. The first-order chi connectivity index (χ1) is 9.16. The van der Waals surface area contributed by atoms with Crippen molar-refractivity contribution in [3.8, 4) is 5.75 Å². The summed E-state index contributed by atoms with van der Waals surface area (Å²) in [5, 5.41) is 7.69. The Bertz CT molecular complexity index is 601. The van der Waals surface area contributed by atoms with Gasteiger partial charge in [0.25, 0.3) is 0 Å². The van der Waals surface area contributed by atoms with Crippen molar-refractivity contribution in [1.82, 2.24) is 0 Å². The molecule has 1 amide bonds. The van der Waals surface area contributed by atoms with E-state index in [9.17, 15) is 13.2 Å². The Balaban J connectivity index is 3.13. The van der Waals surface area contributed by atoms with Gasteiger partial charge in [-0.05, 0) is 24.1 Å². The third-order valence-electron chi connectivity index (χ3n) is 2.59. The van der Waals surface area contributed by atoms with Gasteiger partial charge in [-0.3, -0.25) is 4.79 Å². The summed E-state index contributed by atoms with van der Waals surface area (Å²) in [6.07, 6.45) is 0. The van der Waals surface area contributed by atoms with E-state index >= 15 is 0 Å². The predicted octanol–water partition coefficient (Wildman–Crippen LogP) is 1.70. The van der Waals surface area contributed by atoms with Crippen LogP contribution in [0, 0.1) is 5.92 Å². The van der Waals surface area contributed by atoms with Gasteiger partial charge in [0.15, 0.2) is 0 Å². The van der Waals surface area contributed by atoms with Crippen LogP contribution in [-0.2, 0) is 14.8 Å². The van der Waals surface area contributed by atoms with Crippen LogP contribution in [-0.4, -0.2) is 26.3 Å². The lowest BCUT2D eigenvalue weighted by Crippen LogP contribution is -2.27. The number of amides is 1. The van der Waals surface area contributed by atoms with Gasteiger partial charge in [0.2, 0.25) is 15.9 Å². The molecule has 3 N–H and O–H groups in total. The molecule has 6 nitrogen and oxygen atoms in total. The molecule has 1 aromatic carbocycles. The predicted molar refractivity (Wildman–Crippen MR) is 80.5 cm³/mol. The quantitative estimate of drug-likeness (QED) is 0.776. The maximum absolute atomic E-state index is 12.0. The van der Waals surface area contributed by atoms with E-state index in [1.165, 1.54) is 25.3 Å². The summed E-state index contributed by atoms with van der Waals surface area (Å²) in [4.78, 5) is 11.5. The number of halogens is 1. The number of alkyl halides is 1. The lowest BCUT2D eigenvalue weighted by molar-refractivity contribution is -0.116. The minimum Gasteiger partial charge on any atom is -0.495 e. The highest BCUT2D eigenvalue weighted by Gasteiger charge is 2.21. The van der Waals surface area contributed by atoms with E-state index in [2.05, 4.69) is 21.2 Å². The molecule has 0 radical (unpaired) electrons. The highest BCUT2D eigenvalue weighted by Crippen LogP contribution is 2.28. The van der Waals surface area contributed by atoms with Crippen molar-refractivity contribution in [2.45, 2.75) is 23.6 Å². The van der Waals surface area contributed by atoms with E-state index in [1.807, 2.05) is 13.8 Å². The second-order valence-corrected chi connectivity index (χ2v) is 7.09. The van der Waals surface area contributed by atoms with Crippen molar-refractivity contribution in [1.29, 1.82) is 0 Å². The Hall–Kier alpha value is -1.12. The fourth-order valence-electron chi connectivity index (χ4n) is 1.47. The van der Waals surface area contributed by atoms with Crippen molar-refractivity contribution in [3.63, 3.8) is 0 Å². The van der Waals surface area contributed by atoms with Gasteiger partial charge >= 0.3 is 0 Å². The van der Waals surface area contributed by atoms with Crippen molar-refractivity contribution in [3.05, 3.63) is 18.2 Å². The minimum atomic E-state index is -3.84. The summed E-state index contributed by atoms with van der Waals surface area (Å²) < 4.78 is 27.7. The molecule has 1 aromatic rings. The number of carbonyl (C=O) groups is 1. The van der Waals surface area contributed by atoms with Crippen LogP contribution in [0.3, 0.4) is 0 Å². The van der Waals surface area contributed by atoms with Crippen LogP contribution in [0.2, 0.25) is 0 Å². The lowest BCUT2D eigenvalue weighted by Gasteiger charge is -2.16. The van der Waals surface area contributed by atoms with Crippen LogP contribution in [0.4, 0.5) is 5.69 Å². The number of nitrogens with one attached hydrogen (secondary N) is 1. The highest BCUT2D eigenvalue weighted by molar-refractivity contribution is 9.10. The first-order valence-electron chi connectivity index (χ1n) is 5.82. The molecule has 0 saturated heterocycles. The summed E-state index contributed by atoms with van der Waals surface area (Å²) >= 11 is 3.27. The molecule has 1 atom stereocenters. The second kappa shape index (κ2) is 6.55. The Morgan fingerprint density at radius 1 is 1.40 bits per heavy atom. The average molecular weight is 365 g/mol. The van der Waals surface area contributed by atoms with Gasteiger partial charge in [-0.2, -0.15) is 0 Å². The number of sulfonamides is 1. The zero-order chi connectivity index (χ0) is 15.5. The molecule has 0 aromatic heterocycles. The molecule has 20 heavy (non-hydrogen) atoms. The maximum Gasteiger partial charge on any atom is 0.238 e. The number of methoxy groups -OCH3 is 1. The molecule has 0 heterocycles. The number of hydrogen-bond donors (Lipinski definition) is 2. The molecule has 0 bridgehead atoms. The van der Waals surface area contributed by atoms with Crippen LogP contribution >= 0.6 is 15.9 Å². The van der Waals surface area contributed by atoms with E-state index in [0.717, 1.165) is 0 Å². The molecule has 1 rings (SSSR count). The number of hydrogen-bond acceptors (Lipinski definition) is 4. The molecular formula is C12H17BrN2O4S. The summed E-state index contributed by atoms with van der Waals surface area (Å²) in [5.41, 5.74) is 0.258. The topological polar surface area (TPSA) is 98.5 Å². The summed E-state index contributed by atoms with van der Waals surface area (Å²) in [7, 11) is -2.41. The third-order valence-corrected chi connectivity index (χ3v) is 4.98. The zero-order valence-electron chi connectivity index (χ0n) is 11.4. The molecule has 0 saturated carbocycles. The number of anilines is 1. The van der Waals surface area contributed by atoms with Crippen LogP contribution in [0.5, 0.6) is 5.75 Å². The van der Waals surface area contributed by atoms with Gasteiger partial charge in [0.1, 0.15) is 5.75 Å². The zero-order valence-corrected chi connectivity index (χ0v) is 13.8. The summed E-state index contributed by atoms with van der Waals surface area (Å²) in [5.74, 6) is 0.154. The number of primary sulfonamides is 1. The Labute approximate surface area is 126 Å². The van der Waals surface area contributed by atoms with Crippen molar-refractivity contribution in [2.24, 2.45) is 11.1 Å². The van der Waals surface area contributed by atoms with Crippen LogP contribution in [0.15, 0.2) is 23.1 Å². The van der Waals surface area contributed by atoms with E-state index in [0.29, 0.717) is 5.75 Å². The van der Waals surface area contributed by atoms with E-state index < -0.39 is 14.9 Å². The van der Waals surface area contributed by atoms with Crippen LogP contribution in [0.25, 0.3) is 0 Å². The molecule has 0 aliphatic heterocycles. The van der Waals surface area contributed by atoms with Gasteiger partial charge in [0, 0.05) is 0 Å². The monoisotopic (exact) mass is 364 g/mol. The Kier molecular flexibility index (Phi) is 5.55. The van der Waals surface area contributed by atoms with Crippen LogP contribution < -0.4 is 15.2 Å². The summed E-state index contributed by atoms with van der Waals surface area (Å²) in [6, 6.07) is 4.03. The third kappa shape index (κ3) is 4.19. The first kappa shape index (κ1) is 16.9. The first-order valence-corrected chi connectivity index (χ1v) is 8.28. The normalized spacial score (nSPS) is 13.1. The van der Waals surface area contributed by atoms with Crippen LogP contribution in [0.1, 0.15) is 13.8 Å². The number of nitrogens with two attached hydrogens (primary N) is 1. The minimum absolute atomic E-state index is 0.0856. The van der Waals surface area contributed by atoms with Crippen molar-refractivity contribution >= 4 is 37.5 Å². The average Bonchev–Trinajstić information content (AvgIpc) is 2.36. The standard InChI is InChI=1S/C12H17BrN2O4S/c1-7(2)11(13)12(16)15-9-6-8(20(14,17)18)4-5-10(9)19-3/h4-7,11H,1-3H3,(H,15,16)(H2,14,17,18). The summed E-state index contributed by atoms with van der Waals surface area (Å²) in [6.45, 7) is 3.77. The molecule has 0 aliphatic carbocycles. The molecule has 8 heteroatoms. The number of ether oxygens (including phenoxy) is 1.